The van der Waals surface area contributed by atoms with Gasteiger partial charge in [-0.05, 0) is 13.3 Å². The van der Waals surface area contributed by atoms with Gasteiger partial charge in [-0.25, -0.2) is 0 Å². The van der Waals surface area contributed by atoms with Gasteiger partial charge < -0.3 is 4.79 Å². The maximum atomic E-state index is 10.2. The molecule has 0 aliphatic carbocycles. The molecule has 0 saturated carbocycles. The first-order valence-corrected chi connectivity index (χ1v) is 3.65. The number of rotatable bonds is 3. The van der Waals surface area contributed by atoms with Crippen LogP contribution in [0, 0.1) is 0 Å². The van der Waals surface area contributed by atoms with E-state index in [9.17, 15) is 4.79 Å². The molecule has 0 spiro atoms. The Labute approximate surface area is 65.3 Å². The molecule has 0 aromatic carbocycles. The van der Waals surface area contributed by atoms with Crippen LogP contribution in [0.25, 0.3) is 0 Å². The standard InChI is InChI=1S/C6H10Cl2O/c1-3-5(7)6(2,8)4-9/h4-5H,3H2,1-2H3. The van der Waals surface area contributed by atoms with Crippen molar-refractivity contribution >= 4 is 29.5 Å². The second-order valence-electron chi connectivity index (χ2n) is 2.14. The quantitative estimate of drug-likeness (QED) is 0.467. The molecule has 54 valence electrons. The van der Waals surface area contributed by atoms with Crippen LogP contribution in [0.5, 0.6) is 0 Å². The number of aldehydes is 1. The smallest absolute Gasteiger partial charge is 0.142 e. The largest absolute Gasteiger partial charge is 0.301 e. The van der Waals surface area contributed by atoms with Crippen molar-refractivity contribution in [2.75, 3.05) is 0 Å². The minimum Gasteiger partial charge on any atom is -0.301 e. The van der Waals surface area contributed by atoms with Crippen LogP contribution in [0.15, 0.2) is 0 Å². The van der Waals surface area contributed by atoms with Crippen molar-refractivity contribution in [3.63, 3.8) is 0 Å². The number of hydrogen-bond acceptors (Lipinski definition) is 1. The lowest BCUT2D eigenvalue weighted by Gasteiger charge is -2.18. The molecule has 2 unspecified atom stereocenters. The van der Waals surface area contributed by atoms with E-state index < -0.39 is 4.87 Å². The summed E-state index contributed by atoms with van der Waals surface area (Å²) < 4.78 is 0. The first-order chi connectivity index (χ1) is 4.04. The molecule has 0 aliphatic heterocycles. The topological polar surface area (TPSA) is 17.1 Å². The van der Waals surface area contributed by atoms with Gasteiger partial charge in [0.25, 0.3) is 0 Å². The zero-order chi connectivity index (χ0) is 7.49. The third-order valence-electron chi connectivity index (χ3n) is 1.20. The van der Waals surface area contributed by atoms with Gasteiger partial charge in [0.15, 0.2) is 0 Å². The van der Waals surface area contributed by atoms with Gasteiger partial charge >= 0.3 is 0 Å². The van der Waals surface area contributed by atoms with Gasteiger partial charge in [-0.3, -0.25) is 0 Å². The Kier molecular flexibility index (Phi) is 3.52. The van der Waals surface area contributed by atoms with Gasteiger partial charge in [0.2, 0.25) is 0 Å². The highest BCUT2D eigenvalue weighted by molar-refractivity contribution is 6.38. The molecule has 0 aliphatic rings. The highest BCUT2D eigenvalue weighted by Gasteiger charge is 2.28. The molecular formula is C6H10Cl2O. The normalized spacial score (nSPS) is 20.4. The minimum atomic E-state index is -0.893. The van der Waals surface area contributed by atoms with Crippen molar-refractivity contribution in [2.45, 2.75) is 30.5 Å². The van der Waals surface area contributed by atoms with Crippen molar-refractivity contribution in [3.8, 4) is 0 Å². The van der Waals surface area contributed by atoms with Gasteiger partial charge in [0, 0.05) is 0 Å². The first kappa shape index (κ1) is 9.25. The van der Waals surface area contributed by atoms with E-state index in [1.807, 2.05) is 6.92 Å². The fraction of sp³-hybridized carbons (Fsp3) is 0.833. The lowest BCUT2D eigenvalue weighted by molar-refractivity contribution is -0.109. The van der Waals surface area contributed by atoms with E-state index >= 15 is 0 Å². The summed E-state index contributed by atoms with van der Waals surface area (Å²) >= 11 is 11.4. The molecule has 0 fully saturated rings. The predicted molar refractivity (Wildman–Crippen MR) is 40.3 cm³/mol. The van der Waals surface area contributed by atoms with Gasteiger partial charge in [-0.1, -0.05) is 6.92 Å². The van der Waals surface area contributed by atoms with Crippen molar-refractivity contribution in [3.05, 3.63) is 0 Å². The van der Waals surface area contributed by atoms with Crippen LogP contribution in [0.2, 0.25) is 0 Å². The zero-order valence-corrected chi connectivity index (χ0v) is 7.04. The van der Waals surface area contributed by atoms with Crippen LogP contribution in [0.3, 0.4) is 0 Å². The summed E-state index contributed by atoms with van der Waals surface area (Å²) in [6, 6.07) is 0. The third-order valence-corrected chi connectivity index (χ3v) is 2.43. The van der Waals surface area contributed by atoms with Gasteiger partial charge in [-0.2, -0.15) is 0 Å². The molecule has 9 heavy (non-hydrogen) atoms. The fourth-order valence-electron chi connectivity index (χ4n) is 0.473. The Bertz CT molecular complexity index is 101. The SMILES string of the molecule is CCC(Cl)C(C)(Cl)C=O. The monoisotopic (exact) mass is 168 g/mol. The van der Waals surface area contributed by atoms with Gasteiger partial charge in [0.05, 0.1) is 5.38 Å². The highest BCUT2D eigenvalue weighted by atomic mass is 35.5. The summed E-state index contributed by atoms with van der Waals surface area (Å²) in [4.78, 5) is 9.32. The van der Waals surface area contributed by atoms with E-state index in [0.29, 0.717) is 12.7 Å². The molecule has 0 rings (SSSR count). The van der Waals surface area contributed by atoms with E-state index in [0.717, 1.165) is 0 Å². The third kappa shape index (κ3) is 2.55. The summed E-state index contributed by atoms with van der Waals surface area (Å²) in [5.41, 5.74) is 0. The van der Waals surface area contributed by atoms with Crippen LogP contribution in [-0.2, 0) is 4.79 Å². The summed E-state index contributed by atoms with van der Waals surface area (Å²) in [6.07, 6.45) is 1.38. The molecule has 2 atom stereocenters. The van der Waals surface area contributed by atoms with Crippen molar-refractivity contribution in [1.82, 2.24) is 0 Å². The summed E-state index contributed by atoms with van der Waals surface area (Å²) in [5.74, 6) is 0. The predicted octanol–water partition coefficient (Wildman–Crippen LogP) is 2.20. The van der Waals surface area contributed by atoms with E-state index in [2.05, 4.69) is 0 Å². The maximum Gasteiger partial charge on any atom is 0.142 e. The number of carbonyl (C=O) groups is 1. The molecule has 0 aromatic rings. The molecule has 0 radical (unpaired) electrons. The molecule has 1 nitrogen and oxygen atoms in total. The Morgan fingerprint density at radius 1 is 1.78 bits per heavy atom. The van der Waals surface area contributed by atoms with E-state index in [4.69, 9.17) is 23.2 Å². The van der Waals surface area contributed by atoms with Crippen molar-refractivity contribution in [2.24, 2.45) is 0 Å². The van der Waals surface area contributed by atoms with E-state index in [1.54, 1.807) is 6.92 Å². The van der Waals surface area contributed by atoms with Gasteiger partial charge in [0.1, 0.15) is 11.2 Å². The Balaban J connectivity index is 3.95. The minimum absolute atomic E-state index is 0.267. The van der Waals surface area contributed by atoms with E-state index in [-0.39, 0.29) is 5.38 Å². The Morgan fingerprint density at radius 2 is 2.22 bits per heavy atom. The molecule has 0 bridgehead atoms. The van der Waals surface area contributed by atoms with Gasteiger partial charge in [-0.15, -0.1) is 23.2 Å². The highest BCUT2D eigenvalue weighted by Crippen LogP contribution is 2.23. The number of halogens is 2. The number of alkyl halides is 2. The second-order valence-corrected chi connectivity index (χ2v) is 3.49. The van der Waals surface area contributed by atoms with Crippen LogP contribution in [-0.4, -0.2) is 16.5 Å². The molecule has 0 aromatic heterocycles. The van der Waals surface area contributed by atoms with Crippen LogP contribution < -0.4 is 0 Å². The number of hydrogen-bond donors (Lipinski definition) is 0. The van der Waals surface area contributed by atoms with Crippen LogP contribution >= 0.6 is 23.2 Å². The average molecular weight is 169 g/mol. The maximum absolute atomic E-state index is 10.2. The zero-order valence-electron chi connectivity index (χ0n) is 5.53. The number of carbonyl (C=O) groups excluding carboxylic acids is 1. The second kappa shape index (κ2) is 3.43. The lowest BCUT2D eigenvalue weighted by Crippen LogP contribution is -2.30. The van der Waals surface area contributed by atoms with Crippen molar-refractivity contribution < 1.29 is 4.79 Å². The molecule has 0 N–H and O–H groups in total. The van der Waals surface area contributed by atoms with Crippen LogP contribution in [0.4, 0.5) is 0 Å². The van der Waals surface area contributed by atoms with Crippen LogP contribution in [0.1, 0.15) is 20.3 Å². The Hall–Kier alpha value is 0.250. The molecular weight excluding hydrogens is 159 g/mol. The Morgan fingerprint density at radius 3 is 2.33 bits per heavy atom. The summed E-state index contributed by atoms with van der Waals surface area (Å²) in [5, 5.41) is -0.267. The first-order valence-electron chi connectivity index (χ1n) is 2.84. The molecule has 0 heterocycles. The fourth-order valence-corrected chi connectivity index (χ4v) is 0.679. The molecule has 3 heteroatoms. The summed E-state index contributed by atoms with van der Waals surface area (Å²) in [7, 11) is 0. The molecule has 0 saturated heterocycles. The lowest BCUT2D eigenvalue weighted by atomic mass is 10.1. The van der Waals surface area contributed by atoms with Crippen molar-refractivity contribution in [1.29, 1.82) is 0 Å². The average Bonchev–Trinajstić information content (AvgIpc) is 1.86. The summed E-state index contributed by atoms with van der Waals surface area (Å²) in [6.45, 7) is 3.50. The molecule has 0 amide bonds. The van der Waals surface area contributed by atoms with E-state index in [1.165, 1.54) is 0 Å².